The van der Waals surface area contributed by atoms with E-state index < -0.39 is 0 Å². The number of nitrogens with zero attached hydrogens (tertiary/aromatic N) is 5. The van der Waals surface area contributed by atoms with E-state index in [0.717, 1.165) is 12.0 Å². The highest BCUT2D eigenvalue weighted by molar-refractivity contribution is 5.93. The monoisotopic (exact) mass is 398 g/mol. The number of hydrogen-bond acceptors (Lipinski definition) is 7. The predicted octanol–water partition coefficient (Wildman–Crippen LogP) is 1.78. The van der Waals surface area contributed by atoms with Crippen LogP contribution in [0.2, 0.25) is 0 Å². The number of ether oxygens (including phenoxy) is 3. The average Bonchev–Trinajstić information content (AvgIpc) is 3.52. The molecule has 0 aliphatic carbocycles. The number of carbonyl (C=O) groups excluding carboxylic acids is 1. The summed E-state index contributed by atoms with van der Waals surface area (Å²) in [6, 6.07) is 5.40. The van der Waals surface area contributed by atoms with E-state index in [0.29, 0.717) is 41.7 Å². The molecule has 4 rings (SSSR count). The SMILES string of the molecule is COc1cc(-c2cc(C(=O)N3CC[C@@H](n4nccn4)C3)[nH]n2)cc(OC)c1OC. The summed E-state index contributed by atoms with van der Waals surface area (Å²) in [4.78, 5) is 16.3. The Morgan fingerprint density at radius 1 is 1.07 bits per heavy atom. The fourth-order valence-corrected chi connectivity index (χ4v) is 3.51. The summed E-state index contributed by atoms with van der Waals surface area (Å²) in [5.41, 5.74) is 1.77. The van der Waals surface area contributed by atoms with E-state index in [1.807, 2.05) is 0 Å². The van der Waals surface area contributed by atoms with Gasteiger partial charge in [0, 0.05) is 18.7 Å². The Morgan fingerprint density at radius 3 is 2.38 bits per heavy atom. The van der Waals surface area contributed by atoms with Crippen LogP contribution in [0.4, 0.5) is 0 Å². The number of aromatic amines is 1. The number of H-pyrrole nitrogens is 1. The van der Waals surface area contributed by atoms with Crippen molar-refractivity contribution in [2.45, 2.75) is 12.5 Å². The van der Waals surface area contributed by atoms with E-state index in [2.05, 4.69) is 20.4 Å². The van der Waals surface area contributed by atoms with Crippen LogP contribution in [-0.2, 0) is 0 Å². The van der Waals surface area contributed by atoms with Gasteiger partial charge in [0.15, 0.2) is 11.5 Å². The van der Waals surface area contributed by atoms with Gasteiger partial charge in [-0.25, -0.2) is 0 Å². The zero-order chi connectivity index (χ0) is 20.4. The van der Waals surface area contributed by atoms with Crippen LogP contribution in [0.15, 0.2) is 30.6 Å². The lowest BCUT2D eigenvalue weighted by molar-refractivity contribution is 0.0780. The number of carbonyl (C=O) groups is 1. The molecule has 1 aliphatic heterocycles. The summed E-state index contributed by atoms with van der Waals surface area (Å²) >= 11 is 0. The first kappa shape index (κ1) is 18.8. The van der Waals surface area contributed by atoms with Crippen LogP contribution >= 0.6 is 0 Å². The number of aromatic nitrogens is 5. The number of amides is 1. The average molecular weight is 398 g/mol. The van der Waals surface area contributed by atoms with E-state index in [1.54, 1.807) is 61.6 Å². The summed E-state index contributed by atoms with van der Waals surface area (Å²) in [5.74, 6) is 1.44. The van der Waals surface area contributed by atoms with Gasteiger partial charge in [0.2, 0.25) is 5.75 Å². The van der Waals surface area contributed by atoms with Crippen molar-refractivity contribution in [1.29, 1.82) is 0 Å². The second-order valence-electron chi connectivity index (χ2n) is 6.62. The van der Waals surface area contributed by atoms with E-state index in [9.17, 15) is 4.79 Å². The van der Waals surface area contributed by atoms with Crippen LogP contribution < -0.4 is 14.2 Å². The summed E-state index contributed by atoms with van der Waals surface area (Å²) in [5, 5.41) is 15.5. The van der Waals surface area contributed by atoms with Gasteiger partial charge in [-0.2, -0.15) is 20.1 Å². The molecular weight excluding hydrogens is 376 g/mol. The number of rotatable bonds is 6. The van der Waals surface area contributed by atoms with Crippen LogP contribution in [-0.4, -0.2) is 70.4 Å². The molecule has 3 heterocycles. The molecule has 0 saturated carbocycles. The van der Waals surface area contributed by atoms with Crippen LogP contribution in [0.5, 0.6) is 17.2 Å². The molecule has 1 aliphatic rings. The first-order chi connectivity index (χ1) is 14.1. The lowest BCUT2D eigenvalue weighted by Gasteiger charge is -2.15. The molecule has 152 valence electrons. The van der Waals surface area contributed by atoms with Crippen molar-refractivity contribution < 1.29 is 19.0 Å². The Hall–Kier alpha value is -3.56. The third kappa shape index (κ3) is 3.48. The summed E-state index contributed by atoms with van der Waals surface area (Å²) in [6.07, 6.45) is 4.10. The molecular formula is C19H22N6O4. The van der Waals surface area contributed by atoms with Crippen molar-refractivity contribution in [2.24, 2.45) is 0 Å². The topological polar surface area (TPSA) is 107 Å². The first-order valence-electron chi connectivity index (χ1n) is 9.15. The van der Waals surface area contributed by atoms with Gasteiger partial charge in [-0.1, -0.05) is 0 Å². The fraction of sp³-hybridized carbons (Fsp3) is 0.368. The van der Waals surface area contributed by atoms with Crippen LogP contribution in [0.1, 0.15) is 23.0 Å². The number of likely N-dealkylation sites (tertiary alicyclic amines) is 1. The van der Waals surface area contributed by atoms with Gasteiger partial charge in [-0.3, -0.25) is 9.89 Å². The minimum Gasteiger partial charge on any atom is -0.493 e. The first-order valence-corrected chi connectivity index (χ1v) is 9.15. The van der Waals surface area contributed by atoms with Gasteiger partial charge in [0.05, 0.1) is 45.5 Å². The molecule has 0 spiro atoms. The molecule has 1 saturated heterocycles. The summed E-state index contributed by atoms with van der Waals surface area (Å²) < 4.78 is 16.1. The van der Waals surface area contributed by atoms with Crippen molar-refractivity contribution in [3.63, 3.8) is 0 Å². The molecule has 3 aromatic rings. The Bertz CT molecular complexity index is 975. The maximum atomic E-state index is 12.9. The van der Waals surface area contributed by atoms with Crippen molar-refractivity contribution >= 4 is 5.91 Å². The van der Waals surface area contributed by atoms with Crippen molar-refractivity contribution in [1.82, 2.24) is 30.1 Å². The van der Waals surface area contributed by atoms with Gasteiger partial charge in [-0.15, -0.1) is 0 Å². The van der Waals surface area contributed by atoms with Gasteiger partial charge in [0.25, 0.3) is 5.91 Å². The number of methoxy groups -OCH3 is 3. The molecule has 1 N–H and O–H groups in total. The molecule has 1 amide bonds. The third-order valence-electron chi connectivity index (χ3n) is 4.98. The van der Waals surface area contributed by atoms with Gasteiger partial charge < -0.3 is 19.1 Å². The summed E-state index contributed by atoms with van der Waals surface area (Å²) in [6.45, 7) is 1.20. The number of benzene rings is 1. The van der Waals surface area contributed by atoms with E-state index in [-0.39, 0.29) is 11.9 Å². The summed E-state index contributed by atoms with van der Waals surface area (Å²) in [7, 11) is 4.66. The molecule has 29 heavy (non-hydrogen) atoms. The molecule has 2 aromatic heterocycles. The standard InChI is InChI=1S/C19H22N6O4/c1-27-16-8-12(9-17(28-2)18(16)29-3)14-10-15(23-22-14)19(26)24-7-4-13(11-24)25-20-5-6-21-25/h5-6,8-10,13H,4,7,11H2,1-3H3,(H,22,23)/t13-/m1/s1. The zero-order valence-electron chi connectivity index (χ0n) is 16.5. The van der Waals surface area contributed by atoms with Crippen molar-refractivity contribution in [3.05, 3.63) is 36.3 Å². The number of hydrogen-bond donors (Lipinski definition) is 1. The van der Waals surface area contributed by atoms with E-state index >= 15 is 0 Å². The third-order valence-corrected chi connectivity index (χ3v) is 4.98. The molecule has 0 unspecified atom stereocenters. The zero-order valence-corrected chi connectivity index (χ0v) is 16.5. The Balaban J connectivity index is 1.55. The molecule has 1 atom stereocenters. The van der Waals surface area contributed by atoms with Gasteiger partial charge >= 0.3 is 0 Å². The normalized spacial score (nSPS) is 16.1. The fourth-order valence-electron chi connectivity index (χ4n) is 3.51. The van der Waals surface area contributed by atoms with E-state index in [1.165, 1.54) is 0 Å². The highest BCUT2D eigenvalue weighted by Gasteiger charge is 2.30. The van der Waals surface area contributed by atoms with Crippen molar-refractivity contribution in [2.75, 3.05) is 34.4 Å². The van der Waals surface area contributed by atoms with Crippen LogP contribution in [0.3, 0.4) is 0 Å². The minimum atomic E-state index is -0.106. The van der Waals surface area contributed by atoms with Crippen molar-refractivity contribution in [3.8, 4) is 28.5 Å². The second kappa shape index (κ2) is 7.82. The molecule has 10 heteroatoms. The molecule has 1 aromatic carbocycles. The smallest absolute Gasteiger partial charge is 0.271 e. The molecule has 1 fully saturated rings. The number of nitrogens with one attached hydrogen (secondary N) is 1. The quantitative estimate of drug-likeness (QED) is 0.674. The van der Waals surface area contributed by atoms with E-state index in [4.69, 9.17) is 14.2 Å². The van der Waals surface area contributed by atoms with Gasteiger partial charge in [0.1, 0.15) is 5.69 Å². The van der Waals surface area contributed by atoms with Crippen LogP contribution in [0.25, 0.3) is 11.3 Å². The highest BCUT2D eigenvalue weighted by atomic mass is 16.5. The Kier molecular flexibility index (Phi) is 5.07. The van der Waals surface area contributed by atoms with Crippen LogP contribution in [0, 0.1) is 0 Å². The molecule has 10 nitrogen and oxygen atoms in total. The molecule has 0 bridgehead atoms. The van der Waals surface area contributed by atoms with Gasteiger partial charge in [-0.05, 0) is 24.6 Å². The highest BCUT2D eigenvalue weighted by Crippen LogP contribution is 2.40. The molecule has 0 radical (unpaired) electrons. The maximum absolute atomic E-state index is 12.9. The lowest BCUT2D eigenvalue weighted by atomic mass is 10.1. The Morgan fingerprint density at radius 2 is 1.76 bits per heavy atom. The lowest BCUT2D eigenvalue weighted by Crippen LogP contribution is -2.29. The predicted molar refractivity (Wildman–Crippen MR) is 103 cm³/mol. The maximum Gasteiger partial charge on any atom is 0.271 e. The second-order valence-corrected chi connectivity index (χ2v) is 6.62. The largest absolute Gasteiger partial charge is 0.493 e. The minimum absolute atomic E-state index is 0.0893. The Labute approximate surface area is 167 Å².